The first-order chi connectivity index (χ1) is 15.5. The molecule has 174 valence electrons. The summed E-state index contributed by atoms with van der Waals surface area (Å²) in [5.41, 5.74) is 1.00. The van der Waals surface area contributed by atoms with Crippen LogP contribution in [0, 0.1) is 6.92 Å². The van der Waals surface area contributed by atoms with Gasteiger partial charge in [0.25, 0.3) is 11.8 Å². The molecule has 3 rings (SSSR count). The molecule has 2 N–H and O–H groups in total. The number of pyridine rings is 1. The number of thioether (sulfide) groups is 1. The van der Waals surface area contributed by atoms with Crippen LogP contribution in [0.25, 0.3) is 5.82 Å². The molecule has 7 nitrogen and oxygen atoms in total. The van der Waals surface area contributed by atoms with Crippen molar-refractivity contribution in [2.75, 3.05) is 17.3 Å². The Kier molecular flexibility index (Phi) is 8.10. The van der Waals surface area contributed by atoms with E-state index in [1.807, 2.05) is 20.1 Å². The van der Waals surface area contributed by atoms with Gasteiger partial charge in [0.1, 0.15) is 10.3 Å². The van der Waals surface area contributed by atoms with Crippen LogP contribution in [0.3, 0.4) is 0 Å². The minimum absolute atomic E-state index is 0.186. The highest BCUT2D eigenvalue weighted by Gasteiger charge is 2.25. The summed E-state index contributed by atoms with van der Waals surface area (Å²) >= 11 is 17.4. The summed E-state index contributed by atoms with van der Waals surface area (Å²) in [7, 11) is 0. The van der Waals surface area contributed by atoms with E-state index in [-0.39, 0.29) is 17.2 Å². The summed E-state index contributed by atoms with van der Waals surface area (Å²) in [5.74, 6) is 0.202. The van der Waals surface area contributed by atoms with E-state index < -0.39 is 11.4 Å². The molecule has 0 saturated heterocycles. The average Bonchev–Trinajstić information content (AvgIpc) is 3.11. The van der Waals surface area contributed by atoms with Gasteiger partial charge in [0, 0.05) is 28.6 Å². The molecule has 0 aliphatic carbocycles. The van der Waals surface area contributed by atoms with Crippen molar-refractivity contribution >= 4 is 68.4 Å². The first kappa shape index (κ1) is 25.6. The molecule has 0 fully saturated rings. The van der Waals surface area contributed by atoms with Crippen LogP contribution in [0.5, 0.6) is 0 Å². The fourth-order valence-corrected chi connectivity index (χ4v) is 4.89. The third-order valence-corrected chi connectivity index (χ3v) is 6.50. The molecule has 0 atom stereocenters. The smallest absolute Gasteiger partial charge is 0.274 e. The van der Waals surface area contributed by atoms with E-state index in [1.54, 1.807) is 49.1 Å². The molecule has 2 amide bonds. The average molecular weight is 571 g/mol. The number of hydrogen-bond donors (Lipinski definition) is 2. The van der Waals surface area contributed by atoms with E-state index in [2.05, 4.69) is 36.6 Å². The monoisotopic (exact) mass is 569 g/mol. The van der Waals surface area contributed by atoms with Crippen molar-refractivity contribution in [3.8, 4) is 5.82 Å². The van der Waals surface area contributed by atoms with Gasteiger partial charge in [-0.3, -0.25) is 9.59 Å². The number of aryl methyl sites for hydroxylation is 1. The molecule has 2 heterocycles. The molecule has 0 radical (unpaired) electrons. The highest BCUT2D eigenvalue weighted by atomic mass is 79.9. The van der Waals surface area contributed by atoms with E-state index in [9.17, 15) is 9.59 Å². The van der Waals surface area contributed by atoms with E-state index in [1.165, 1.54) is 10.7 Å². The van der Waals surface area contributed by atoms with Crippen molar-refractivity contribution < 1.29 is 9.59 Å². The van der Waals surface area contributed by atoms with Gasteiger partial charge in [0.2, 0.25) is 0 Å². The number of hydrogen-bond acceptors (Lipinski definition) is 5. The summed E-state index contributed by atoms with van der Waals surface area (Å²) < 4.78 is 1.77. The normalized spacial score (nSPS) is 11.4. The summed E-state index contributed by atoms with van der Waals surface area (Å²) in [4.78, 5) is 30.7. The second-order valence-corrected chi connectivity index (χ2v) is 10.5. The van der Waals surface area contributed by atoms with Crippen LogP contribution in [0.15, 0.2) is 41.1 Å². The molecule has 3 aromatic rings. The zero-order valence-corrected chi connectivity index (χ0v) is 22.3. The van der Waals surface area contributed by atoms with Gasteiger partial charge < -0.3 is 10.6 Å². The lowest BCUT2D eigenvalue weighted by atomic mass is 10.0. The van der Waals surface area contributed by atoms with E-state index in [4.69, 9.17) is 23.2 Å². The number of anilines is 1. The van der Waals surface area contributed by atoms with Crippen molar-refractivity contribution in [3.63, 3.8) is 0 Å². The lowest BCUT2D eigenvalue weighted by Crippen LogP contribution is -2.45. The lowest BCUT2D eigenvalue weighted by Gasteiger charge is -2.26. The number of carbonyl (C=O) groups excluding carboxylic acids is 2. The van der Waals surface area contributed by atoms with Gasteiger partial charge in [-0.2, -0.15) is 16.9 Å². The van der Waals surface area contributed by atoms with Gasteiger partial charge in [-0.1, -0.05) is 23.2 Å². The zero-order chi connectivity index (χ0) is 24.3. The van der Waals surface area contributed by atoms with Gasteiger partial charge >= 0.3 is 0 Å². The molecular formula is C22H22BrCl2N5O2S. The van der Waals surface area contributed by atoms with Crippen molar-refractivity contribution in [1.82, 2.24) is 20.1 Å². The minimum atomic E-state index is -0.488. The minimum Gasteiger partial charge on any atom is -0.346 e. The van der Waals surface area contributed by atoms with Crippen molar-refractivity contribution in [1.29, 1.82) is 0 Å². The largest absolute Gasteiger partial charge is 0.346 e. The van der Waals surface area contributed by atoms with Crippen LogP contribution in [0.2, 0.25) is 10.0 Å². The quantitative estimate of drug-likeness (QED) is 0.376. The molecule has 0 saturated carbocycles. The number of nitrogens with one attached hydrogen (secondary N) is 2. The standard InChI is InChI=1S/C22H22BrCl2N5O2S/c1-12-8-13(24)9-14(20(31)28-22(2,3)11-33-4)18(12)27-21(32)16-10-17(23)29-30(16)19-15(25)6-5-7-26-19/h5-10H,11H2,1-4H3,(H,27,32)(H,28,31). The van der Waals surface area contributed by atoms with E-state index in [0.717, 1.165) is 5.75 Å². The number of halogens is 3. The van der Waals surface area contributed by atoms with Gasteiger partial charge in [-0.15, -0.1) is 0 Å². The van der Waals surface area contributed by atoms with Crippen molar-refractivity contribution in [2.24, 2.45) is 0 Å². The highest BCUT2D eigenvalue weighted by Crippen LogP contribution is 2.28. The number of benzene rings is 1. The molecule has 1 aromatic carbocycles. The summed E-state index contributed by atoms with van der Waals surface area (Å²) in [6, 6.07) is 8.11. The third kappa shape index (κ3) is 6.09. The molecular weight excluding hydrogens is 549 g/mol. The second-order valence-electron chi connectivity index (χ2n) is 7.94. The molecule has 0 spiro atoms. The molecule has 33 heavy (non-hydrogen) atoms. The number of rotatable bonds is 7. The van der Waals surface area contributed by atoms with Crippen LogP contribution >= 0.6 is 50.9 Å². The predicted octanol–water partition coefficient (Wildman–Crippen LogP) is 5.77. The van der Waals surface area contributed by atoms with Crippen LogP contribution in [-0.4, -0.2) is 44.1 Å². The number of amides is 2. The van der Waals surface area contributed by atoms with E-state index in [0.29, 0.717) is 31.7 Å². The Morgan fingerprint density at radius 2 is 1.94 bits per heavy atom. The Labute approximate surface area is 214 Å². The Hall–Kier alpha value is -2.07. The molecule has 0 bridgehead atoms. The number of nitrogens with zero attached hydrogens (tertiary/aromatic N) is 3. The molecule has 11 heteroatoms. The Morgan fingerprint density at radius 3 is 2.61 bits per heavy atom. The van der Waals surface area contributed by atoms with Crippen LogP contribution in [-0.2, 0) is 0 Å². The summed E-state index contributed by atoms with van der Waals surface area (Å²) in [6.45, 7) is 5.64. The zero-order valence-electron chi connectivity index (χ0n) is 18.4. The van der Waals surface area contributed by atoms with Crippen molar-refractivity contribution in [3.05, 3.63) is 68.0 Å². The van der Waals surface area contributed by atoms with E-state index >= 15 is 0 Å². The second kappa shape index (κ2) is 10.5. The summed E-state index contributed by atoms with van der Waals surface area (Å²) in [5, 5.41) is 10.9. The van der Waals surface area contributed by atoms with Crippen molar-refractivity contribution in [2.45, 2.75) is 26.3 Å². The fourth-order valence-electron chi connectivity index (χ4n) is 3.25. The third-order valence-electron chi connectivity index (χ3n) is 4.59. The topological polar surface area (TPSA) is 88.9 Å². The Balaban J connectivity index is 1.99. The Morgan fingerprint density at radius 1 is 1.21 bits per heavy atom. The first-order valence-electron chi connectivity index (χ1n) is 9.82. The SMILES string of the molecule is CSCC(C)(C)NC(=O)c1cc(Cl)cc(C)c1NC(=O)c1cc(Br)nn1-c1ncccc1Cl. The number of aromatic nitrogens is 3. The summed E-state index contributed by atoms with van der Waals surface area (Å²) in [6.07, 6.45) is 3.53. The first-order valence-corrected chi connectivity index (χ1v) is 12.8. The molecule has 0 aliphatic rings. The van der Waals surface area contributed by atoms with Gasteiger partial charge in [0.05, 0.1) is 16.3 Å². The van der Waals surface area contributed by atoms with Crippen LogP contribution < -0.4 is 10.6 Å². The predicted molar refractivity (Wildman–Crippen MR) is 138 cm³/mol. The number of carbonyl (C=O) groups is 2. The maximum atomic E-state index is 13.3. The maximum Gasteiger partial charge on any atom is 0.274 e. The highest BCUT2D eigenvalue weighted by molar-refractivity contribution is 9.10. The van der Waals surface area contributed by atoms with Crippen LogP contribution in [0.1, 0.15) is 40.3 Å². The van der Waals surface area contributed by atoms with Crippen LogP contribution in [0.4, 0.5) is 5.69 Å². The maximum absolute atomic E-state index is 13.3. The Bertz CT molecular complexity index is 1220. The van der Waals surface area contributed by atoms with Gasteiger partial charge in [0.15, 0.2) is 5.82 Å². The fraction of sp³-hybridized carbons (Fsp3) is 0.273. The lowest BCUT2D eigenvalue weighted by molar-refractivity contribution is 0.0922. The van der Waals surface area contributed by atoms with Gasteiger partial charge in [-0.05, 0) is 72.8 Å². The van der Waals surface area contributed by atoms with Gasteiger partial charge in [-0.25, -0.2) is 9.67 Å². The molecule has 0 unspecified atom stereocenters. The molecule has 0 aliphatic heterocycles. The molecule has 2 aromatic heterocycles.